The first-order valence-corrected chi connectivity index (χ1v) is 13.3. The highest BCUT2D eigenvalue weighted by Crippen LogP contribution is 2.40. The molecule has 0 radical (unpaired) electrons. The van der Waals surface area contributed by atoms with Gasteiger partial charge >= 0.3 is 0 Å². The maximum atomic E-state index is 13.5. The Bertz CT molecular complexity index is 1300. The average Bonchev–Trinajstić information content (AvgIpc) is 3.53. The molecule has 202 valence electrons. The molecule has 2 aromatic carbocycles. The molecule has 0 spiro atoms. The SMILES string of the molecule is N#Cc1ccc(C(=O)N[C@H](CCCN[C@@H]2C[C@H]2c2ccc(F)cc2)C(=O)N2CCC(c3nnn[nH]3)CC2)cc1. The van der Waals surface area contributed by atoms with Crippen LogP contribution >= 0.6 is 0 Å². The maximum absolute atomic E-state index is 13.5. The van der Waals surface area contributed by atoms with E-state index in [9.17, 15) is 14.0 Å². The second-order valence-corrected chi connectivity index (χ2v) is 10.2. The first kappa shape index (κ1) is 26.4. The van der Waals surface area contributed by atoms with Crippen LogP contribution in [0.5, 0.6) is 0 Å². The summed E-state index contributed by atoms with van der Waals surface area (Å²) < 4.78 is 13.2. The van der Waals surface area contributed by atoms with Gasteiger partial charge in [0.2, 0.25) is 5.91 Å². The number of nitrogens with one attached hydrogen (secondary N) is 3. The van der Waals surface area contributed by atoms with Gasteiger partial charge in [-0.3, -0.25) is 9.59 Å². The summed E-state index contributed by atoms with van der Waals surface area (Å²) in [6.07, 6.45) is 3.68. The summed E-state index contributed by atoms with van der Waals surface area (Å²) in [5.41, 5.74) is 2.00. The normalized spacial score (nSPS) is 19.7. The lowest BCUT2D eigenvalue weighted by atomic mass is 9.95. The molecule has 3 aromatic rings. The predicted octanol–water partition coefficient (Wildman–Crippen LogP) is 2.64. The zero-order valence-electron chi connectivity index (χ0n) is 21.5. The van der Waals surface area contributed by atoms with E-state index in [0.717, 1.165) is 30.7 Å². The lowest BCUT2D eigenvalue weighted by molar-refractivity contribution is -0.134. The molecule has 2 heterocycles. The molecule has 2 aliphatic rings. The Balaban J connectivity index is 1.16. The first-order chi connectivity index (χ1) is 19.0. The van der Waals surface area contributed by atoms with E-state index in [0.29, 0.717) is 55.6 Å². The Kier molecular flexibility index (Phi) is 8.22. The average molecular weight is 531 g/mol. The monoisotopic (exact) mass is 530 g/mol. The van der Waals surface area contributed by atoms with Crippen molar-refractivity contribution in [3.05, 3.63) is 76.9 Å². The molecule has 2 amide bonds. The smallest absolute Gasteiger partial charge is 0.251 e. The Hall–Kier alpha value is -4.17. The van der Waals surface area contributed by atoms with Crippen LogP contribution in [0.3, 0.4) is 0 Å². The van der Waals surface area contributed by atoms with Crippen LogP contribution in [0, 0.1) is 17.1 Å². The number of nitriles is 1. The van der Waals surface area contributed by atoms with Crippen molar-refractivity contribution < 1.29 is 14.0 Å². The number of likely N-dealkylation sites (tertiary alicyclic amines) is 1. The third-order valence-corrected chi connectivity index (χ3v) is 7.60. The molecular formula is C28H31FN8O2. The van der Waals surface area contributed by atoms with Crippen molar-refractivity contribution in [2.45, 2.75) is 56.0 Å². The molecule has 1 aromatic heterocycles. The summed E-state index contributed by atoms with van der Waals surface area (Å²) in [4.78, 5) is 28.3. The molecule has 3 N–H and O–H groups in total. The van der Waals surface area contributed by atoms with E-state index >= 15 is 0 Å². The molecule has 1 aliphatic carbocycles. The topological polar surface area (TPSA) is 140 Å². The Morgan fingerprint density at radius 1 is 1.13 bits per heavy atom. The summed E-state index contributed by atoms with van der Waals surface area (Å²) in [5.74, 6) is 0.612. The van der Waals surface area contributed by atoms with Gasteiger partial charge < -0.3 is 15.5 Å². The first-order valence-electron chi connectivity index (χ1n) is 13.3. The molecule has 3 atom stereocenters. The molecule has 1 saturated carbocycles. The van der Waals surface area contributed by atoms with Gasteiger partial charge in [-0.25, -0.2) is 9.49 Å². The lowest BCUT2D eigenvalue weighted by Gasteiger charge is -2.33. The molecule has 1 aliphatic heterocycles. The van der Waals surface area contributed by atoms with Crippen LogP contribution in [0.25, 0.3) is 0 Å². The molecule has 10 nitrogen and oxygen atoms in total. The van der Waals surface area contributed by atoms with Crippen LogP contribution in [0.2, 0.25) is 0 Å². The fraction of sp³-hybridized carbons (Fsp3) is 0.429. The number of rotatable bonds is 10. The van der Waals surface area contributed by atoms with Crippen LogP contribution in [0.15, 0.2) is 48.5 Å². The molecule has 11 heteroatoms. The molecule has 39 heavy (non-hydrogen) atoms. The Labute approximate surface area is 226 Å². The van der Waals surface area contributed by atoms with E-state index in [1.807, 2.05) is 23.1 Å². The number of hydrogen-bond acceptors (Lipinski definition) is 7. The maximum Gasteiger partial charge on any atom is 0.251 e. The number of carbonyl (C=O) groups is 2. The highest BCUT2D eigenvalue weighted by Gasteiger charge is 2.38. The van der Waals surface area contributed by atoms with Gasteiger partial charge in [-0.05, 0) is 91.0 Å². The van der Waals surface area contributed by atoms with Gasteiger partial charge in [0, 0.05) is 36.5 Å². The van der Waals surface area contributed by atoms with Crippen molar-refractivity contribution in [3.63, 3.8) is 0 Å². The second kappa shape index (κ2) is 12.1. The van der Waals surface area contributed by atoms with Crippen LogP contribution in [0.4, 0.5) is 4.39 Å². The van der Waals surface area contributed by atoms with Crippen LogP contribution in [-0.4, -0.2) is 69.1 Å². The van der Waals surface area contributed by atoms with Crippen molar-refractivity contribution >= 4 is 11.8 Å². The highest BCUT2D eigenvalue weighted by molar-refractivity contribution is 5.97. The molecule has 1 saturated heterocycles. The highest BCUT2D eigenvalue weighted by atomic mass is 19.1. The van der Waals surface area contributed by atoms with Crippen molar-refractivity contribution in [1.82, 2.24) is 36.2 Å². The van der Waals surface area contributed by atoms with Crippen molar-refractivity contribution in [3.8, 4) is 6.07 Å². The number of nitrogens with zero attached hydrogens (tertiary/aromatic N) is 5. The largest absolute Gasteiger partial charge is 0.341 e. The summed E-state index contributed by atoms with van der Waals surface area (Å²) >= 11 is 0. The summed E-state index contributed by atoms with van der Waals surface area (Å²) in [7, 11) is 0. The number of amides is 2. The zero-order valence-corrected chi connectivity index (χ0v) is 21.5. The number of tetrazole rings is 1. The van der Waals surface area contributed by atoms with E-state index in [-0.39, 0.29) is 23.5 Å². The van der Waals surface area contributed by atoms with Crippen molar-refractivity contribution in [2.75, 3.05) is 19.6 Å². The standard InChI is InChI=1S/C28H31FN8O2/c29-22-9-7-19(8-10-22)23-16-25(23)31-13-1-2-24(32-27(38)21-5-3-18(17-30)4-6-21)28(39)37-14-11-20(12-15-37)26-33-35-36-34-26/h3-10,20,23-25,31H,1-2,11-16H2,(H,32,38)(H,33,34,35,36)/t23-,24+,25+/m0/s1. The number of carbonyl (C=O) groups excluding carboxylic acids is 2. The molecule has 0 bridgehead atoms. The van der Waals surface area contributed by atoms with Crippen LogP contribution < -0.4 is 10.6 Å². The minimum Gasteiger partial charge on any atom is -0.341 e. The minimum absolute atomic E-state index is 0.0956. The number of hydrogen-bond donors (Lipinski definition) is 3. The van der Waals surface area contributed by atoms with Gasteiger partial charge in [0.25, 0.3) is 5.91 Å². The number of aromatic nitrogens is 4. The number of halogens is 1. The lowest BCUT2D eigenvalue weighted by Crippen LogP contribution is -2.50. The quantitative estimate of drug-likeness (QED) is 0.342. The Morgan fingerprint density at radius 3 is 2.54 bits per heavy atom. The van der Waals surface area contributed by atoms with Gasteiger partial charge in [0.15, 0.2) is 5.82 Å². The van der Waals surface area contributed by atoms with Crippen LogP contribution in [-0.2, 0) is 4.79 Å². The van der Waals surface area contributed by atoms with E-state index in [1.165, 1.54) is 12.1 Å². The predicted molar refractivity (Wildman–Crippen MR) is 140 cm³/mol. The Morgan fingerprint density at radius 2 is 1.87 bits per heavy atom. The van der Waals surface area contributed by atoms with Gasteiger partial charge in [-0.1, -0.05) is 12.1 Å². The summed E-state index contributed by atoms with van der Waals surface area (Å²) in [6, 6.07) is 14.7. The number of aromatic amines is 1. The number of benzene rings is 2. The van der Waals surface area contributed by atoms with Gasteiger partial charge in [0.1, 0.15) is 11.9 Å². The van der Waals surface area contributed by atoms with Gasteiger partial charge in [-0.15, -0.1) is 5.10 Å². The van der Waals surface area contributed by atoms with Crippen molar-refractivity contribution in [1.29, 1.82) is 5.26 Å². The molecular weight excluding hydrogens is 499 g/mol. The van der Waals surface area contributed by atoms with Crippen LogP contribution in [0.1, 0.15) is 71.2 Å². The number of H-pyrrole nitrogens is 1. The summed E-state index contributed by atoms with van der Waals surface area (Å²) in [6.45, 7) is 1.83. The second-order valence-electron chi connectivity index (χ2n) is 10.2. The molecule has 5 rings (SSSR count). The fourth-order valence-corrected chi connectivity index (χ4v) is 5.22. The minimum atomic E-state index is -0.662. The van der Waals surface area contributed by atoms with Gasteiger partial charge in [0.05, 0.1) is 11.6 Å². The van der Waals surface area contributed by atoms with E-state index < -0.39 is 6.04 Å². The van der Waals surface area contributed by atoms with Gasteiger partial charge in [-0.2, -0.15) is 5.26 Å². The van der Waals surface area contributed by atoms with E-state index in [4.69, 9.17) is 5.26 Å². The third kappa shape index (κ3) is 6.64. The van der Waals surface area contributed by atoms with Crippen molar-refractivity contribution in [2.24, 2.45) is 0 Å². The fourth-order valence-electron chi connectivity index (χ4n) is 5.22. The third-order valence-electron chi connectivity index (χ3n) is 7.60. The summed E-state index contributed by atoms with van der Waals surface area (Å²) in [5, 5.41) is 29.6. The molecule has 0 unspecified atom stereocenters. The molecule has 2 fully saturated rings. The zero-order chi connectivity index (χ0) is 27.2. The number of piperidine rings is 1. The van der Waals surface area contributed by atoms with E-state index in [2.05, 4.69) is 31.3 Å². The van der Waals surface area contributed by atoms with E-state index in [1.54, 1.807) is 24.3 Å².